The Kier molecular flexibility index (Phi) is 18.1. The minimum atomic E-state index is -0.0645. The molecule has 0 aromatic heterocycles. The van der Waals surface area contributed by atoms with Crippen LogP contribution in [0.15, 0.2) is 0 Å². The monoisotopic (exact) mass is 313 g/mol. The maximum absolute atomic E-state index is 10.9. The smallest absolute Gasteiger partial charge is 0.305 e. The zero-order chi connectivity index (χ0) is 16.3. The van der Waals surface area contributed by atoms with Crippen molar-refractivity contribution in [1.82, 2.24) is 0 Å². The van der Waals surface area contributed by atoms with Crippen molar-refractivity contribution in [2.24, 2.45) is 0 Å². The van der Waals surface area contributed by atoms with Crippen LogP contribution in [0.25, 0.3) is 0 Å². The standard InChI is InChI=1S/C20H40O2/c1-3-4-5-6-7-8-9-10-11-12-13-14-15-16-17-18-19-20(21)22-2/h3-19H2,1-2H3/i18+1. The van der Waals surface area contributed by atoms with E-state index in [1.807, 2.05) is 0 Å². The van der Waals surface area contributed by atoms with Crippen molar-refractivity contribution < 1.29 is 9.53 Å². The molecule has 0 heterocycles. The molecular weight excluding hydrogens is 273 g/mol. The summed E-state index contributed by atoms with van der Waals surface area (Å²) in [5.41, 5.74) is 0. The second-order valence-corrected chi connectivity index (χ2v) is 6.63. The molecular formula is C20H40O2. The first-order valence-electron chi connectivity index (χ1n) is 9.88. The normalized spacial score (nSPS) is 10.8. The first-order chi connectivity index (χ1) is 10.8. The molecule has 0 aromatic carbocycles. The zero-order valence-corrected chi connectivity index (χ0v) is 15.3. The van der Waals surface area contributed by atoms with E-state index in [4.69, 9.17) is 0 Å². The van der Waals surface area contributed by atoms with Crippen molar-refractivity contribution in [3.05, 3.63) is 0 Å². The maximum Gasteiger partial charge on any atom is 0.305 e. The van der Waals surface area contributed by atoms with Crippen LogP contribution in [-0.4, -0.2) is 13.1 Å². The average molecular weight is 314 g/mol. The number of rotatable bonds is 17. The summed E-state index contributed by atoms with van der Waals surface area (Å²) < 4.78 is 4.64. The van der Waals surface area contributed by atoms with Gasteiger partial charge in [0.05, 0.1) is 7.11 Å². The fourth-order valence-electron chi connectivity index (χ4n) is 2.92. The Morgan fingerprint density at radius 1 is 0.591 bits per heavy atom. The van der Waals surface area contributed by atoms with Gasteiger partial charge < -0.3 is 4.74 Å². The minimum Gasteiger partial charge on any atom is -0.469 e. The van der Waals surface area contributed by atoms with Gasteiger partial charge in [0.25, 0.3) is 0 Å². The molecule has 0 aliphatic heterocycles. The maximum atomic E-state index is 10.9. The number of ether oxygens (including phenoxy) is 1. The van der Waals surface area contributed by atoms with E-state index in [9.17, 15) is 4.79 Å². The summed E-state index contributed by atoms with van der Waals surface area (Å²) in [6.45, 7) is 2.28. The topological polar surface area (TPSA) is 26.3 Å². The highest BCUT2D eigenvalue weighted by molar-refractivity contribution is 5.68. The fourth-order valence-corrected chi connectivity index (χ4v) is 2.92. The van der Waals surface area contributed by atoms with Crippen LogP contribution < -0.4 is 0 Å². The summed E-state index contributed by atoms with van der Waals surface area (Å²) in [5, 5.41) is 0. The van der Waals surface area contributed by atoms with Gasteiger partial charge in [-0.1, -0.05) is 103 Å². The summed E-state index contributed by atoms with van der Waals surface area (Å²) >= 11 is 0. The van der Waals surface area contributed by atoms with Crippen LogP contribution in [-0.2, 0) is 9.53 Å². The Morgan fingerprint density at radius 3 is 1.23 bits per heavy atom. The molecule has 0 amide bonds. The molecule has 0 saturated heterocycles. The molecule has 132 valence electrons. The molecule has 0 atom stereocenters. The summed E-state index contributed by atoms with van der Waals surface area (Å²) in [4.78, 5) is 10.9. The van der Waals surface area contributed by atoms with Crippen molar-refractivity contribution in [2.75, 3.05) is 7.11 Å². The first-order valence-corrected chi connectivity index (χ1v) is 9.88. The van der Waals surface area contributed by atoms with Crippen LogP contribution in [0.2, 0.25) is 0 Å². The van der Waals surface area contributed by atoms with Gasteiger partial charge in [-0.25, -0.2) is 0 Å². The third kappa shape index (κ3) is 17.5. The van der Waals surface area contributed by atoms with Crippen LogP contribution in [0.5, 0.6) is 0 Å². The number of carbonyl (C=O) groups is 1. The molecule has 0 bridgehead atoms. The molecule has 0 unspecified atom stereocenters. The number of esters is 1. The highest BCUT2D eigenvalue weighted by atomic mass is 16.5. The van der Waals surface area contributed by atoms with Gasteiger partial charge in [0.15, 0.2) is 0 Å². The summed E-state index contributed by atoms with van der Waals surface area (Å²) in [6, 6.07) is 0. The van der Waals surface area contributed by atoms with E-state index < -0.39 is 0 Å². The molecule has 0 rings (SSSR count). The predicted molar refractivity (Wildman–Crippen MR) is 96.2 cm³/mol. The predicted octanol–water partition coefficient (Wildman–Crippen LogP) is 6.81. The van der Waals surface area contributed by atoms with Crippen LogP contribution in [0.4, 0.5) is 0 Å². The lowest BCUT2D eigenvalue weighted by Gasteiger charge is -2.03. The summed E-state index contributed by atoms with van der Waals surface area (Å²) in [7, 11) is 1.47. The molecule has 2 nitrogen and oxygen atoms in total. The van der Waals surface area contributed by atoms with Crippen molar-refractivity contribution in [2.45, 2.75) is 116 Å². The third-order valence-electron chi connectivity index (χ3n) is 4.46. The van der Waals surface area contributed by atoms with Crippen LogP contribution in [0, 0.1) is 0 Å². The molecule has 22 heavy (non-hydrogen) atoms. The van der Waals surface area contributed by atoms with E-state index in [0.717, 1.165) is 6.42 Å². The minimum absolute atomic E-state index is 0.0645. The SMILES string of the molecule is CCCCCCCCCCCCCCCC[13CH2]CC(=O)OC. The van der Waals surface area contributed by atoms with Crippen molar-refractivity contribution in [1.29, 1.82) is 0 Å². The molecule has 0 fully saturated rings. The Balaban J connectivity index is 2.98. The number of hydrogen-bond donors (Lipinski definition) is 0. The molecule has 0 aliphatic rings. The van der Waals surface area contributed by atoms with E-state index in [-0.39, 0.29) is 5.97 Å². The number of carbonyl (C=O) groups excluding carboxylic acids is 1. The van der Waals surface area contributed by atoms with E-state index in [0.29, 0.717) is 6.42 Å². The molecule has 0 aromatic rings. The largest absolute Gasteiger partial charge is 0.469 e. The number of methoxy groups -OCH3 is 1. The first kappa shape index (κ1) is 21.5. The van der Waals surface area contributed by atoms with Crippen LogP contribution in [0.3, 0.4) is 0 Å². The van der Waals surface area contributed by atoms with E-state index >= 15 is 0 Å². The number of unbranched alkanes of at least 4 members (excludes halogenated alkanes) is 15. The van der Waals surface area contributed by atoms with Gasteiger partial charge in [0, 0.05) is 6.42 Å². The third-order valence-corrected chi connectivity index (χ3v) is 4.46. The Labute approximate surface area is 139 Å². The van der Waals surface area contributed by atoms with E-state index in [2.05, 4.69) is 11.7 Å². The molecule has 0 spiro atoms. The van der Waals surface area contributed by atoms with Crippen molar-refractivity contribution in [3.8, 4) is 0 Å². The van der Waals surface area contributed by atoms with Gasteiger partial charge in [-0.2, -0.15) is 0 Å². The lowest BCUT2D eigenvalue weighted by Crippen LogP contribution is -1.99. The van der Waals surface area contributed by atoms with Crippen molar-refractivity contribution >= 4 is 5.97 Å². The Hall–Kier alpha value is -0.530. The Bertz CT molecular complexity index is 226. The molecule has 0 N–H and O–H groups in total. The summed E-state index contributed by atoms with van der Waals surface area (Å²) in [6.07, 6.45) is 22.4. The van der Waals surface area contributed by atoms with Gasteiger partial charge in [-0.3, -0.25) is 4.79 Å². The fraction of sp³-hybridized carbons (Fsp3) is 0.950. The van der Waals surface area contributed by atoms with Gasteiger partial charge in [-0.05, 0) is 6.42 Å². The van der Waals surface area contributed by atoms with Gasteiger partial charge in [-0.15, -0.1) is 0 Å². The lowest BCUT2D eigenvalue weighted by atomic mass is 10.0. The molecule has 0 aliphatic carbocycles. The lowest BCUT2D eigenvalue weighted by molar-refractivity contribution is -0.140. The quantitative estimate of drug-likeness (QED) is 0.167. The van der Waals surface area contributed by atoms with Crippen LogP contribution >= 0.6 is 0 Å². The van der Waals surface area contributed by atoms with Gasteiger partial charge in [0.2, 0.25) is 0 Å². The molecule has 0 saturated carbocycles. The second-order valence-electron chi connectivity index (χ2n) is 6.63. The molecule has 2 heteroatoms. The average Bonchev–Trinajstić information content (AvgIpc) is 2.54. The second kappa shape index (κ2) is 18.5. The highest BCUT2D eigenvalue weighted by Crippen LogP contribution is 2.14. The van der Waals surface area contributed by atoms with E-state index in [1.54, 1.807) is 0 Å². The van der Waals surface area contributed by atoms with Gasteiger partial charge >= 0.3 is 5.97 Å². The summed E-state index contributed by atoms with van der Waals surface area (Å²) in [5.74, 6) is -0.0645. The van der Waals surface area contributed by atoms with Gasteiger partial charge in [0.1, 0.15) is 0 Å². The number of hydrogen-bond acceptors (Lipinski definition) is 2. The Morgan fingerprint density at radius 2 is 0.909 bits per heavy atom. The zero-order valence-electron chi connectivity index (χ0n) is 15.3. The van der Waals surface area contributed by atoms with E-state index in [1.165, 1.54) is 103 Å². The highest BCUT2D eigenvalue weighted by Gasteiger charge is 1.99. The van der Waals surface area contributed by atoms with Crippen LogP contribution in [0.1, 0.15) is 116 Å². The van der Waals surface area contributed by atoms with Crippen molar-refractivity contribution in [3.63, 3.8) is 0 Å². The molecule has 0 radical (unpaired) electrons.